The van der Waals surface area contributed by atoms with Gasteiger partial charge in [-0.2, -0.15) is 4.98 Å². The van der Waals surface area contributed by atoms with Gasteiger partial charge in [0.1, 0.15) is 22.4 Å². The van der Waals surface area contributed by atoms with Crippen LogP contribution in [0.4, 0.5) is 10.6 Å². The number of hydrogen-bond acceptors (Lipinski definition) is 8. The highest BCUT2D eigenvalue weighted by Crippen LogP contribution is 2.62. The third-order valence-electron chi connectivity index (χ3n) is 12.2. The molecule has 0 saturated carbocycles. The van der Waals surface area contributed by atoms with Crippen molar-refractivity contribution in [3.05, 3.63) is 22.7 Å². The number of ether oxygens (including phenoxy) is 2. The highest BCUT2D eigenvalue weighted by atomic mass is 28.4. The van der Waals surface area contributed by atoms with Crippen LogP contribution in [0.25, 0.3) is 0 Å². The van der Waals surface area contributed by atoms with Crippen molar-refractivity contribution in [2.45, 2.75) is 165 Å². The number of hydrogen-bond donors (Lipinski definition) is 3. The first kappa shape index (κ1) is 42.0. The summed E-state index contributed by atoms with van der Waals surface area (Å²) in [6.07, 6.45) is -1.35. The summed E-state index contributed by atoms with van der Waals surface area (Å²) in [6.45, 7) is 38.7. The Labute approximate surface area is 288 Å². The van der Waals surface area contributed by atoms with Crippen molar-refractivity contribution in [2.24, 2.45) is 0 Å². The van der Waals surface area contributed by atoms with Crippen molar-refractivity contribution in [1.82, 2.24) is 9.55 Å². The molecule has 272 valence electrons. The lowest BCUT2D eigenvalue weighted by Gasteiger charge is -2.61. The van der Waals surface area contributed by atoms with Crippen molar-refractivity contribution in [3.63, 3.8) is 0 Å². The van der Waals surface area contributed by atoms with Gasteiger partial charge >= 0.3 is 11.8 Å². The number of carbonyl (C=O) groups is 1. The van der Waals surface area contributed by atoms with E-state index < -0.39 is 72.1 Å². The molecule has 2 rings (SSSR count). The molecule has 0 unspecified atom stereocenters. The highest BCUT2D eigenvalue weighted by Gasteiger charge is 2.79. The molecule has 0 aromatic carbocycles. The number of nitrogens with zero attached hydrogens (tertiary/aromatic N) is 2. The van der Waals surface area contributed by atoms with E-state index in [2.05, 4.69) is 132 Å². The first-order valence-corrected chi connectivity index (χ1v) is 29.6. The first-order chi connectivity index (χ1) is 20.7. The summed E-state index contributed by atoms with van der Waals surface area (Å²) in [7, 11) is -9.64. The summed E-state index contributed by atoms with van der Waals surface area (Å²) in [4.78, 5) is 30.5. The van der Waals surface area contributed by atoms with Crippen molar-refractivity contribution in [2.75, 3.05) is 18.5 Å². The zero-order valence-corrected chi connectivity index (χ0v) is 36.8. The lowest BCUT2D eigenvalue weighted by Crippen LogP contribution is -2.82. The summed E-state index contributed by atoms with van der Waals surface area (Å²) >= 11 is 0. The Kier molecular flexibility index (Phi) is 11.8. The predicted octanol–water partition coefficient (Wildman–Crippen LogP) is 7.61. The van der Waals surface area contributed by atoms with Gasteiger partial charge in [-0.15, -0.1) is 0 Å². The fourth-order valence-corrected chi connectivity index (χ4v) is 15.6. The van der Waals surface area contributed by atoms with Crippen LogP contribution in [0.2, 0.25) is 80.1 Å². The van der Waals surface area contributed by atoms with Crippen LogP contribution in [0, 0.1) is 0 Å². The van der Waals surface area contributed by atoms with Gasteiger partial charge in [-0.1, -0.05) is 108 Å². The molecule has 4 atom stereocenters. The summed E-state index contributed by atoms with van der Waals surface area (Å²) in [5.41, 5.74) is -0.712. The second-order valence-electron chi connectivity index (χ2n) is 19.4. The van der Waals surface area contributed by atoms with Gasteiger partial charge in [-0.3, -0.25) is 9.88 Å². The molecule has 14 heteroatoms. The zero-order chi connectivity index (χ0) is 37.0. The molecule has 47 heavy (non-hydrogen) atoms. The molecule has 1 aliphatic rings. The van der Waals surface area contributed by atoms with Gasteiger partial charge in [-0.25, -0.2) is 9.59 Å². The molecule has 1 aromatic rings. The molecule has 0 aliphatic carbocycles. The Morgan fingerprint density at radius 1 is 0.894 bits per heavy atom. The topological polar surface area (TPSA) is 132 Å². The average Bonchev–Trinajstić information content (AvgIpc) is 3.09. The van der Waals surface area contributed by atoms with E-state index in [1.807, 2.05) is 0 Å². The standard InChI is InChI=1S/C33H67N3O7Si4/c1-29(2,3)45(13,14)32(39)24(23-42-47(17,18)31(7,8)9)43-26(33(32,40)46(15,16)30(4,5)6)36-20-19-25(34-27(36)37)35-28(38)41-21-22-44(10,11)12/h19-20,24,26,39-40H,21-23H2,1-18H3,(H,34,35,37,38)/t24-,26-,32+,33-/m1/s1. The fourth-order valence-electron chi connectivity index (χ4n) is 5.77. The van der Waals surface area contributed by atoms with Gasteiger partial charge in [0.15, 0.2) is 14.5 Å². The van der Waals surface area contributed by atoms with Crippen molar-refractivity contribution >= 4 is 44.5 Å². The minimum absolute atomic E-state index is 0.0376. The molecule has 0 spiro atoms. The molecular formula is C33H67N3O7Si4. The van der Waals surface area contributed by atoms with Gasteiger partial charge in [0.05, 0.1) is 29.4 Å². The number of rotatable bonds is 10. The van der Waals surface area contributed by atoms with Crippen LogP contribution in [0.1, 0.15) is 68.5 Å². The van der Waals surface area contributed by atoms with E-state index in [-0.39, 0.29) is 22.5 Å². The summed E-state index contributed by atoms with van der Waals surface area (Å²) in [5, 5.41) is 25.2. The molecule has 2 heterocycles. The molecule has 1 amide bonds. The molecule has 0 bridgehead atoms. The normalized spacial score (nSPS) is 25.2. The van der Waals surface area contributed by atoms with E-state index >= 15 is 0 Å². The Bertz CT molecular complexity index is 1340. The monoisotopic (exact) mass is 729 g/mol. The minimum atomic E-state index is -3.02. The smallest absolute Gasteiger partial charge is 0.412 e. The van der Waals surface area contributed by atoms with E-state index in [4.69, 9.17) is 13.9 Å². The van der Waals surface area contributed by atoms with Gasteiger partial charge in [0, 0.05) is 14.3 Å². The Morgan fingerprint density at radius 2 is 1.38 bits per heavy atom. The molecule has 1 aliphatic heterocycles. The van der Waals surface area contributed by atoms with Gasteiger partial charge in [0.25, 0.3) is 0 Å². The fraction of sp³-hybridized carbons (Fsp3) is 0.848. The maximum Gasteiger partial charge on any atom is 0.412 e. The molecule has 3 N–H and O–H groups in total. The quantitative estimate of drug-likeness (QED) is 0.210. The number of amides is 1. The maximum atomic E-state index is 13.8. The Morgan fingerprint density at radius 3 is 1.81 bits per heavy atom. The van der Waals surface area contributed by atoms with Crippen LogP contribution in [0.5, 0.6) is 0 Å². The average molecular weight is 730 g/mol. The minimum Gasteiger partial charge on any atom is -0.450 e. The summed E-state index contributed by atoms with van der Waals surface area (Å²) < 4.78 is 20.2. The van der Waals surface area contributed by atoms with Crippen LogP contribution in [-0.4, -0.2) is 88.2 Å². The van der Waals surface area contributed by atoms with E-state index in [0.29, 0.717) is 6.61 Å². The SMILES string of the molecule is CC(C)(C)[Si](C)(C)OC[C@H]1O[C@@H](n2ccc(NC(=O)OCC[Si](C)(C)C)nc2=O)[C@@](O)([Si](C)(C)C(C)(C)C)[C@@]1(O)[Si](C)(C)C(C)(C)C. The Balaban J connectivity index is 2.78. The molecule has 1 aromatic heterocycles. The largest absolute Gasteiger partial charge is 0.450 e. The number of nitrogens with one attached hydrogen (secondary N) is 1. The van der Waals surface area contributed by atoms with E-state index in [1.54, 1.807) is 0 Å². The molecule has 1 saturated heterocycles. The zero-order valence-electron chi connectivity index (χ0n) is 32.8. The number of aromatic nitrogens is 2. The van der Waals surface area contributed by atoms with Gasteiger partial charge in [0.2, 0.25) is 0 Å². The first-order valence-electron chi connectivity index (χ1n) is 17.0. The molecule has 0 radical (unpaired) electrons. The third-order valence-corrected chi connectivity index (χ3v) is 31.3. The van der Waals surface area contributed by atoms with E-state index in [1.165, 1.54) is 16.8 Å². The highest BCUT2D eigenvalue weighted by molar-refractivity contribution is 6.89. The lowest BCUT2D eigenvalue weighted by atomic mass is 10.1. The Hall–Kier alpha value is -1.14. The van der Waals surface area contributed by atoms with Crippen molar-refractivity contribution in [3.8, 4) is 0 Å². The number of anilines is 1. The van der Waals surface area contributed by atoms with Crippen LogP contribution in [-0.2, 0) is 13.9 Å². The summed E-state index contributed by atoms with van der Waals surface area (Å²) in [6, 6.07) is 2.32. The number of carbonyl (C=O) groups excluding carboxylic acids is 1. The van der Waals surface area contributed by atoms with Crippen LogP contribution < -0.4 is 11.0 Å². The second-order valence-corrected chi connectivity index (χ2v) is 40.9. The lowest BCUT2D eigenvalue weighted by molar-refractivity contribution is -0.0768. The third kappa shape index (κ3) is 7.79. The maximum absolute atomic E-state index is 13.8. The van der Waals surface area contributed by atoms with Crippen LogP contribution in [0.3, 0.4) is 0 Å². The van der Waals surface area contributed by atoms with Gasteiger partial charge < -0.3 is 24.1 Å². The molecule has 10 nitrogen and oxygen atoms in total. The molecular weight excluding hydrogens is 663 g/mol. The summed E-state index contributed by atoms with van der Waals surface area (Å²) in [5.74, 6) is 0.0376. The predicted molar refractivity (Wildman–Crippen MR) is 203 cm³/mol. The van der Waals surface area contributed by atoms with Gasteiger partial charge in [-0.05, 0) is 40.3 Å². The van der Waals surface area contributed by atoms with Crippen molar-refractivity contribution < 1.29 is 28.9 Å². The van der Waals surface area contributed by atoms with E-state index in [9.17, 15) is 19.8 Å². The van der Waals surface area contributed by atoms with Crippen molar-refractivity contribution in [1.29, 1.82) is 0 Å². The van der Waals surface area contributed by atoms with Crippen LogP contribution in [0.15, 0.2) is 17.1 Å². The number of aliphatic hydroxyl groups is 2. The molecule has 1 fully saturated rings. The van der Waals surface area contributed by atoms with E-state index in [0.717, 1.165) is 6.04 Å². The second kappa shape index (κ2) is 13.2. The van der Waals surface area contributed by atoms with Crippen LogP contribution >= 0.6 is 0 Å².